The van der Waals surface area contributed by atoms with E-state index in [0.717, 1.165) is 23.1 Å². The Morgan fingerprint density at radius 3 is 2.79 bits per heavy atom. The fourth-order valence-electron chi connectivity index (χ4n) is 2.26. The maximum atomic E-state index is 5.74. The van der Waals surface area contributed by atoms with E-state index in [1.54, 1.807) is 0 Å². The molecule has 1 aromatic carbocycles. The molecule has 3 N–H and O–H groups in total. The Bertz CT molecular complexity index is 550. The van der Waals surface area contributed by atoms with Crippen LogP contribution in [0.15, 0.2) is 34.9 Å². The van der Waals surface area contributed by atoms with E-state index in [-0.39, 0.29) is 6.04 Å². The van der Waals surface area contributed by atoms with Gasteiger partial charge in [0.25, 0.3) is 0 Å². The van der Waals surface area contributed by atoms with Crippen LogP contribution in [0, 0.1) is 6.92 Å². The van der Waals surface area contributed by atoms with Gasteiger partial charge in [-0.15, -0.1) is 0 Å². The fraction of sp³-hybridized carbons (Fsp3) is 0.357. The second-order valence-corrected chi connectivity index (χ2v) is 5.40. The van der Waals surface area contributed by atoms with E-state index in [9.17, 15) is 0 Å². The lowest BCUT2D eigenvalue weighted by Crippen LogP contribution is -2.31. The first kappa shape index (κ1) is 14.2. The number of hydrazine groups is 1. The Hall–Kier alpha value is -1.17. The topological polar surface area (TPSA) is 55.9 Å². The number of aromatic nitrogens is 2. The number of nitrogens with two attached hydrogens (primary N) is 1. The van der Waals surface area contributed by atoms with Gasteiger partial charge in [-0.3, -0.25) is 16.0 Å². The number of aryl methyl sites for hydroxylation is 2. The van der Waals surface area contributed by atoms with Crippen molar-refractivity contribution in [2.75, 3.05) is 0 Å². The average molecular weight is 323 g/mol. The van der Waals surface area contributed by atoms with Gasteiger partial charge in [0.15, 0.2) is 0 Å². The summed E-state index contributed by atoms with van der Waals surface area (Å²) in [4.78, 5) is 0. The Morgan fingerprint density at radius 2 is 2.16 bits per heavy atom. The summed E-state index contributed by atoms with van der Waals surface area (Å²) in [5, 5.41) is 4.34. The van der Waals surface area contributed by atoms with Crippen LogP contribution in [0.25, 0.3) is 0 Å². The largest absolute Gasteiger partial charge is 0.271 e. The molecule has 1 atom stereocenters. The minimum Gasteiger partial charge on any atom is -0.271 e. The second kappa shape index (κ2) is 6.32. The molecule has 0 aliphatic rings. The Labute approximate surface area is 122 Å². The van der Waals surface area contributed by atoms with Crippen molar-refractivity contribution < 1.29 is 0 Å². The summed E-state index contributed by atoms with van der Waals surface area (Å²) >= 11 is 3.55. The molecule has 0 radical (unpaired) electrons. The summed E-state index contributed by atoms with van der Waals surface area (Å²) in [6.45, 7) is 5.02. The van der Waals surface area contributed by atoms with Gasteiger partial charge in [0.1, 0.15) is 0 Å². The predicted molar refractivity (Wildman–Crippen MR) is 80.5 cm³/mol. The van der Waals surface area contributed by atoms with Gasteiger partial charge in [0.05, 0.1) is 22.4 Å². The molecular weight excluding hydrogens is 304 g/mol. The van der Waals surface area contributed by atoms with Crippen molar-refractivity contribution in [2.24, 2.45) is 5.84 Å². The molecule has 0 spiro atoms. The molecule has 102 valence electrons. The lowest BCUT2D eigenvalue weighted by molar-refractivity contribution is 0.488. The molecule has 0 saturated heterocycles. The zero-order valence-corrected chi connectivity index (χ0v) is 12.8. The van der Waals surface area contributed by atoms with Crippen molar-refractivity contribution in [3.8, 4) is 0 Å². The summed E-state index contributed by atoms with van der Waals surface area (Å²) in [6, 6.07) is 8.41. The Kier molecular flexibility index (Phi) is 4.74. The van der Waals surface area contributed by atoms with Crippen molar-refractivity contribution in [1.82, 2.24) is 15.2 Å². The van der Waals surface area contributed by atoms with E-state index < -0.39 is 0 Å². The standard InChI is InChI=1S/C14H19BrN4/c1-3-19-14(12(15)9-17-19)13(18-16)8-11-7-5-4-6-10(11)2/h4-7,9,13,18H,3,8,16H2,1-2H3. The van der Waals surface area contributed by atoms with Crippen molar-refractivity contribution in [3.05, 3.63) is 51.8 Å². The number of rotatable bonds is 5. The first-order valence-corrected chi connectivity index (χ1v) is 7.18. The van der Waals surface area contributed by atoms with Crippen LogP contribution in [0.3, 0.4) is 0 Å². The highest BCUT2D eigenvalue weighted by atomic mass is 79.9. The minimum atomic E-state index is 0.0397. The molecule has 4 nitrogen and oxygen atoms in total. The molecule has 2 aromatic rings. The van der Waals surface area contributed by atoms with Crippen LogP contribution in [0.4, 0.5) is 0 Å². The SMILES string of the molecule is CCn1ncc(Br)c1C(Cc1ccccc1C)NN. The monoisotopic (exact) mass is 322 g/mol. The predicted octanol–water partition coefficient (Wildman–Crippen LogP) is 2.72. The number of nitrogens with zero attached hydrogens (tertiary/aromatic N) is 2. The average Bonchev–Trinajstić information content (AvgIpc) is 2.79. The molecule has 19 heavy (non-hydrogen) atoms. The minimum absolute atomic E-state index is 0.0397. The van der Waals surface area contributed by atoms with Crippen LogP contribution < -0.4 is 11.3 Å². The van der Waals surface area contributed by atoms with Crippen LogP contribution >= 0.6 is 15.9 Å². The number of hydrogen-bond donors (Lipinski definition) is 2. The molecular formula is C14H19BrN4. The highest BCUT2D eigenvalue weighted by Gasteiger charge is 2.19. The number of hydrogen-bond acceptors (Lipinski definition) is 3. The van der Waals surface area contributed by atoms with Gasteiger partial charge in [-0.25, -0.2) is 0 Å². The van der Waals surface area contributed by atoms with E-state index in [0.29, 0.717) is 0 Å². The quantitative estimate of drug-likeness (QED) is 0.657. The third kappa shape index (κ3) is 3.05. The fourth-order valence-corrected chi connectivity index (χ4v) is 2.84. The molecule has 0 fully saturated rings. The van der Waals surface area contributed by atoms with E-state index in [4.69, 9.17) is 5.84 Å². The molecule has 0 bridgehead atoms. The molecule has 0 aliphatic heterocycles. The van der Waals surface area contributed by atoms with Crippen LogP contribution in [0.1, 0.15) is 29.8 Å². The number of nitrogens with one attached hydrogen (secondary N) is 1. The number of halogens is 1. The van der Waals surface area contributed by atoms with Crippen LogP contribution in [-0.4, -0.2) is 9.78 Å². The van der Waals surface area contributed by atoms with Gasteiger partial charge in [0, 0.05) is 6.54 Å². The third-order valence-electron chi connectivity index (χ3n) is 3.35. The Morgan fingerprint density at radius 1 is 1.42 bits per heavy atom. The molecule has 0 aliphatic carbocycles. The maximum absolute atomic E-state index is 5.74. The van der Waals surface area contributed by atoms with E-state index in [1.807, 2.05) is 10.9 Å². The summed E-state index contributed by atoms with van der Waals surface area (Å²) in [5.41, 5.74) is 6.57. The maximum Gasteiger partial charge on any atom is 0.0712 e. The van der Waals surface area contributed by atoms with Gasteiger partial charge >= 0.3 is 0 Å². The van der Waals surface area contributed by atoms with Crippen LogP contribution in [-0.2, 0) is 13.0 Å². The van der Waals surface area contributed by atoms with Crippen molar-refractivity contribution in [2.45, 2.75) is 32.9 Å². The van der Waals surface area contributed by atoms with Gasteiger partial charge in [-0.05, 0) is 47.3 Å². The molecule has 1 aromatic heterocycles. The van der Waals surface area contributed by atoms with E-state index >= 15 is 0 Å². The normalized spacial score (nSPS) is 12.6. The third-order valence-corrected chi connectivity index (χ3v) is 3.96. The highest BCUT2D eigenvalue weighted by molar-refractivity contribution is 9.10. The zero-order valence-electron chi connectivity index (χ0n) is 11.2. The number of benzene rings is 1. The second-order valence-electron chi connectivity index (χ2n) is 4.54. The summed E-state index contributed by atoms with van der Waals surface area (Å²) in [5.74, 6) is 5.74. The first-order chi connectivity index (χ1) is 9.17. The molecule has 1 unspecified atom stereocenters. The summed E-state index contributed by atoms with van der Waals surface area (Å²) in [7, 11) is 0. The highest BCUT2D eigenvalue weighted by Crippen LogP contribution is 2.26. The molecule has 5 heteroatoms. The van der Waals surface area contributed by atoms with Crippen molar-refractivity contribution in [1.29, 1.82) is 0 Å². The van der Waals surface area contributed by atoms with Crippen molar-refractivity contribution >= 4 is 15.9 Å². The first-order valence-electron chi connectivity index (χ1n) is 6.39. The molecule has 1 heterocycles. The lowest BCUT2D eigenvalue weighted by atomic mass is 9.99. The van der Waals surface area contributed by atoms with Gasteiger partial charge in [-0.2, -0.15) is 5.10 Å². The van der Waals surface area contributed by atoms with E-state index in [1.165, 1.54) is 11.1 Å². The molecule has 2 rings (SSSR count). The smallest absolute Gasteiger partial charge is 0.0712 e. The van der Waals surface area contributed by atoms with Crippen molar-refractivity contribution in [3.63, 3.8) is 0 Å². The summed E-state index contributed by atoms with van der Waals surface area (Å²) in [6.07, 6.45) is 2.66. The van der Waals surface area contributed by atoms with Gasteiger partial charge in [-0.1, -0.05) is 24.3 Å². The van der Waals surface area contributed by atoms with E-state index in [2.05, 4.69) is 64.6 Å². The zero-order chi connectivity index (χ0) is 13.8. The Balaban J connectivity index is 2.30. The van der Waals surface area contributed by atoms with Gasteiger partial charge in [0.2, 0.25) is 0 Å². The van der Waals surface area contributed by atoms with Crippen LogP contribution in [0.5, 0.6) is 0 Å². The van der Waals surface area contributed by atoms with Crippen LogP contribution in [0.2, 0.25) is 0 Å². The lowest BCUT2D eigenvalue weighted by Gasteiger charge is -2.19. The molecule has 0 amide bonds. The molecule has 0 saturated carbocycles. The van der Waals surface area contributed by atoms with Gasteiger partial charge < -0.3 is 0 Å². The summed E-state index contributed by atoms with van der Waals surface area (Å²) < 4.78 is 2.96.